The number of carbonyl (C=O) groups excluding carboxylic acids is 2. The van der Waals surface area contributed by atoms with E-state index in [9.17, 15) is 22.8 Å². The highest BCUT2D eigenvalue weighted by Crippen LogP contribution is 2.22. The highest BCUT2D eigenvalue weighted by molar-refractivity contribution is 6.43. The zero-order chi connectivity index (χ0) is 19.4. The summed E-state index contributed by atoms with van der Waals surface area (Å²) in [5, 5.41) is 4.30. The lowest BCUT2D eigenvalue weighted by molar-refractivity contribution is -0.133. The van der Waals surface area contributed by atoms with Crippen molar-refractivity contribution in [3.05, 3.63) is 53.8 Å². The van der Waals surface area contributed by atoms with Crippen LogP contribution in [-0.4, -0.2) is 24.9 Å². The molecule has 5 nitrogen and oxygen atoms in total. The van der Waals surface area contributed by atoms with Crippen LogP contribution in [0.3, 0.4) is 0 Å². The van der Waals surface area contributed by atoms with E-state index in [4.69, 9.17) is 0 Å². The summed E-state index contributed by atoms with van der Waals surface area (Å²) < 4.78 is 39.6. The molecule has 0 aromatic heterocycles. The van der Waals surface area contributed by atoms with Gasteiger partial charge in [0.15, 0.2) is 17.5 Å². The highest BCUT2D eigenvalue weighted by atomic mass is 19.2. The van der Waals surface area contributed by atoms with Gasteiger partial charge in [-0.05, 0) is 55.7 Å². The van der Waals surface area contributed by atoms with Crippen molar-refractivity contribution < 1.29 is 22.8 Å². The van der Waals surface area contributed by atoms with Crippen LogP contribution >= 0.6 is 0 Å². The van der Waals surface area contributed by atoms with Crippen molar-refractivity contribution in [3.8, 4) is 0 Å². The van der Waals surface area contributed by atoms with Gasteiger partial charge in [0.1, 0.15) is 0 Å². The van der Waals surface area contributed by atoms with Gasteiger partial charge in [0.25, 0.3) is 0 Å². The molecule has 1 saturated heterocycles. The van der Waals surface area contributed by atoms with Gasteiger partial charge in [0, 0.05) is 24.5 Å². The number of carbonyl (C=O) groups is 2. The Bertz CT molecular complexity index is 850. The molecule has 2 aromatic carbocycles. The van der Waals surface area contributed by atoms with Gasteiger partial charge in [0.2, 0.25) is 0 Å². The summed E-state index contributed by atoms with van der Waals surface area (Å²) in [6.45, 7) is 1.96. The second-order valence-corrected chi connectivity index (χ2v) is 6.23. The lowest BCUT2D eigenvalue weighted by Gasteiger charge is -2.28. The summed E-state index contributed by atoms with van der Waals surface area (Å²) in [7, 11) is 0. The number of hydrogen-bond donors (Lipinski definition) is 2. The molecule has 1 aliphatic rings. The number of anilines is 3. The predicted octanol–water partition coefficient (Wildman–Crippen LogP) is 3.67. The van der Waals surface area contributed by atoms with E-state index in [-0.39, 0.29) is 0 Å². The number of nitrogens with zero attached hydrogens (tertiary/aromatic N) is 1. The summed E-state index contributed by atoms with van der Waals surface area (Å²) >= 11 is 0. The Kier molecular flexibility index (Phi) is 5.63. The maximum atomic E-state index is 13.6. The van der Waals surface area contributed by atoms with Gasteiger partial charge in [-0.25, -0.2) is 13.2 Å². The maximum absolute atomic E-state index is 13.6. The minimum Gasteiger partial charge on any atom is -0.372 e. The first-order chi connectivity index (χ1) is 13.0. The van der Waals surface area contributed by atoms with Gasteiger partial charge in [-0.1, -0.05) is 0 Å². The zero-order valence-corrected chi connectivity index (χ0v) is 14.4. The maximum Gasteiger partial charge on any atom is 0.314 e. The summed E-state index contributed by atoms with van der Waals surface area (Å²) in [5.74, 6) is -6.92. The van der Waals surface area contributed by atoms with Gasteiger partial charge in [-0.2, -0.15) is 0 Å². The van der Waals surface area contributed by atoms with Crippen LogP contribution in [0.1, 0.15) is 19.3 Å². The first-order valence-electron chi connectivity index (χ1n) is 8.56. The fraction of sp³-hybridized carbons (Fsp3) is 0.263. The SMILES string of the molecule is O=C(Nc1ccc(N2CCCCC2)cc1)C(=O)Nc1ccc(F)c(F)c1F. The molecule has 0 bridgehead atoms. The topological polar surface area (TPSA) is 61.4 Å². The first kappa shape index (κ1) is 18.8. The van der Waals surface area contributed by atoms with Crippen LogP contribution in [0.5, 0.6) is 0 Å². The van der Waals surface area contributed by atoms with E-state index in [0.29, 0.717) is 11.8 Å². The van der Waals surface area contributed by atoms with Gasteiger partial charge < -0.3 is 15.5 Å². The molecule has 1 aliphatic heterocycles. The van der Waals surface area contributed by atoms with Crippen molar-refractivity contribution in [3.63, 3.8) is 0 Å². The summed E-state index contributed by atoms with van der Waals surface area (Å²) in [4.78, 5) is 26.1. The van der Waals surface area contributed by atoms with Crippen molar-refractivity contribution in [2.75, 3.05) is 28.6 Å². The van der Waals surface area contributed by atoms with Crippen molar-refractivity contribution in [2.45, 2.75) is 19.3 Å². The van der Waals surface area contributed by atoms with Crippen LogP contribution in [0.4, 0.5) is 30.2 Å². The molecular formula is C19H18F3N3O2. The molecule has 1 fully saturated rings. The number of rotatable bonds is 3. The molecule has 1 heterocycles. The monoisotopic (exact) mass is 377 g/mol. The molecule has 8 heteroatoms. The summed E-state index contributed by atoms with van der Waals surface area (Å²) in [5.41, 5.74) is 0.803. The predicted molar refractivity (Wildman–Crippen MR) is 96.1 cm³/mol. The molecule has 0 aliphatic carbocycles. The summed E-state index contributed by atoms with van der Waals surface area (Å²) in [6, 6.07) is 8.50. The summed E-state index contributed by atoms with van der Waals surface area (Å²) in [6.07, 6.45) is 3.50. The third-order valence-corrected chi connectivity index (χ3v) is 4.34. The number of hydrogen-bond acceptors (Lipinski definition) is 3. The molecule has 27 heavy (non-hydrogen) atoms. The van der Waals surface area contributed by atoms with Crippen LogP contribution in [-0.2, 0) is 9.59 Å². The smallest absolute Gasteiger partial charge is 0.314 e. The quantitative estimate of drug-likeness (QED) is 0.634. The van der Waals surface area contributed by atoms with Gasteiger partial charge in [-0.3, -0.25) is 9.59 Å². The number of benzene rings is 2. The highest BCUT2D eigenvalue weighted by Gasteiger charge is 2.19. The largest absolute Gasteiger partial charge is 0.372 e. The Morgan fingerprint density at radius 1 is 0.778 bits per heavy atom. The molecule has 2 aromatic rings. The minimum atomic E-state index is -1.72. The average molecular weight is 377 g/mol. The van der Waals surface area contributed by atoms with E-state index in [1.54, 1.807) is 12.1 Å². The van der Waals surface area contributed by atoms with E-state index in [2.05, 4.69) is 10.2 Å². The Balaban J connectivity index is 1.61. The van der Waals surface area contributed by atoms with Crippen LogP contribution in [0.2, 0.25) is 0 Å². The lowest BCUT2D eigenvalue weighted by atomic mass is 10.1. The van der Waals surface area contributed by atoms with Gasteiger partial charge >= 0.3 is 11.8 Å². The van der Waals surface area contributed by atoms with Crippen LogP contribution < -0.4 is 15.5 Å². The average Bonchev–Trinajstić information content (AvgIpc) is 2.69. The van der Waals surface area contributed by atoms with Crippen molar-refractivity contribution in [1.82, 2.24) is 0 Å². The van der Waals surface area contributed by atoms with E-state index in [1.165, 1.54) is 6.42 Å². The van der Waals surface area contributed by atoms with Crippen LogP contribution in [0.15, 0.2) is 36.4 Å². The molecule has 2 amide bonds. The Hall–Kier alpha value is -3.03. The Morgan fingerprint density at radius 3 is 2.07 bits per heavy atom. The van der Waals surface area contributed by atoms with E-state index in [1.807, 2.05) is 17.4 Å². The first-order valence-corrected chi connectivity index (χ1v) is 8.56. The third kappa shape index (κ3) is 4.39. The second kappa shape index (κ2) is 8.11. The molecule has 0 spiro atoms. The molecule has 0 atom stereocenters. The zero-order valence-electron chi connectivity index (χ0n) is 14.4. The van der Waals surface area contributed by atoms with E-state index < -0.39 is 35.0 Å². The number of amides is 2. The lowest BCUT2D eigenvalue weighted by Crippen LogP contribution is -2.30. The standard InChI is InChI=1S/C19H18F3N3O2/c20-14-8-9-15(17(22)16(14)21)24-19(27)18(26)23-12-4-6-13(7-5-12)25-10-2-1-3-11-25/h4-9H,1-3,10-11H2,(H,23,26)(H,24,27). The fourth-order valence-corrected chi connectivity index (χ4v) is 2.90. The van der Waals surface area contributed by atoms with Gasteiger partial charge in [0.05, 0.1) is 5.69 Å². The molecule has 3 rings (SSSR count). The third-order valence-electron chi connectivity index (χ3n) is 4.34. The number of nitrogens with one attached hydrogen (secondary N) is 2. The van der Waals surface area contributed by atoms with Crippen molar-refractivity contribution in [1.29, 1.82) is 0 Å². The van der Waals surface area contributed by atoms with Crippen LogP contribution in [0, 0.1) is 17.5 Å². The molecule has 0 unspecified atom stereocenters. The van der Waals surface area contributed by atoms with Gasteiger partial charge in [-0.15, -0.1) is 0 Å². The Morgan fingerprint density at radius 2 is 1.41 bits per heavy atom. The molecule has 0 radical (unpaired) electrons. The normalized spacial score (nSPS) is 14.0. The molecule has 142 valence electrons. The Labute approximate surface area is 154 Å². The number of halogens is 3. The molecular weight excluding hydrogens is 359 g/mol. The van der Waals surface area contributed by atoms with Crippen molar-refractivity contribution >= 4 is 28.9 Å². The second-order valence-electron chi connectivity index (χ2n) is 6.23. The molecule has 0 saturated carbocycles. The van der Waals surface area contributed by atoms with Crippen LogP contribution in [0.25, 0.3) is 0 Å². The fourth-order valence-electron chi connectivity index (χ4n) is 2.90. The van der Waals surface area contributed by atoms with Crippen molar-refractivity contribution in [2.24, 2.45) is 0 Å². The van der Waals surface area contributed by atoms with E-state index in [0.717, 1.165) is 37.7 Å². The van der Waals surface area contributed by atoms with E-state index >= 15 is 0 Å². The molecule has 2 N–H and O–H groups in total. The number of piperidine rings is 1. The minimum absolute atomic E-state index is 0.390.